The fourth-order valence-corrected chi connectivity index (χ4v) is 4.08. The molecule has 3 amide bonds. The predicted octanol–water partition coefficient (Wildman–Crippen LogP) is 4.72. The lowest BCUT2D eigenvalue weighted by Crippen LogP contribution is -2.41. The molecule has 1 aliphatic heterocycles. The molecule has 9 nitrogen and oxygen atoms in total. The van der Waals surface area contributed by atoms with Gasteiger partial charge in [0.2, 0.25) is 0 Å². The van der Waals surface area contributed by atoms with E-state index in [0.717, 1.165) is 22.4 Å². The number of ether oxygens (including phenoxy) is 2. The minimum atomic E-state index is -0.304. The van der Waals surface area contributed by atoms with E-state index >= 15 is 0 Å². The third-order valence-electron chi connectivity index (χ3n) is 5.95. The van der Waals surface area contributed by atoms with E-state index in [1.54, 1.807) is 33.4 Å². The second kappa shape index (κ2) is 13.3. The normalized spacial score (nSPS) is 14.2. The number of carbonyl (C=O) groups is 2. The number of aromatic nitrogens is 1. The molecule has 3 aromatic rings. The molecule has 38 heavy (non-hydrogen) atoms. The van der Waals surface area contributed by atoms with Crippen LogP contribution in [0.2, 0.25) is 0 Å². The molecule has 0 radical (unpaired) electrons. The van der Waals surface area contributed by atoms with Crippen LogP contribution in [-0.4, -0.2) is 55.0 Å². The lowest BCUT2D eigenvalue weighted by molar-refractivity contribution is 0.0950. The van der Waals surface area contributed by atoms with E-state index in [0.29, 0.717) is 35.7 Å². The molecule has 9 heteroatoms. The van der Waals surface area contributed by atoms with Gasteiger partial charge in [0, 0.05) is 35.6 Å². The maximum Gasteiger partial charge on any atom is 0.337 e. The van der Waals surface area contributed by atoms with Gasteiger partial charge in [0.05, 0.1) is 32.5 Å². The third kappa shape index (κ3) is 6.53. The molecule has 4 rings (SSSR count). The number of benzene rings is 2. The van der Waals surface area contributed by atoms with Crippen molar-refractivity contribution in [2.24, 2.45) is 5.10 Å². The quantitative estimate of drug-likeness (QED) is 0.438. The van der Waals surface area contributed by atoms with Crippen molar-refractivity contribution in [2.75, 3.05) is 21.3 Å². The summed E-state index contributed by atoms with van der Waals surface area (Å²) in [6.45, 7) is 6.61. The number of hydrogen-bond donors (Lipinski definition) is 3. The van der Waals surface area contributed by atoms with Gasteiger partial charge in [-0.2, -0.15) is 5.10 Å². The first-order valence-electron chi connectivity index (χ1n) is 12.7. The maximum atomic E-state index is 12.6. The number of H-pyrrole nitrogens is 1. The third-order valence-corrected chi connectivity index (χ3v) is 5.95. The second-order valence-corrected chi connectivity index (χ2v) is 8.93. The zero-order chi connectivity index (χ0) is 27.7. The molecule has 3 N–H and O–H groups in total. The number of nitrogens with zero attached hydrogens (tertiary/aromatic N) is 2. The summed E-state index contributed by atoms with van der Waals surface area (Å²) in [5.74, 6) is 1.00. The Kier molecular flexibility index (Phi) is 9.92. The molecule has 0 aliphatic carbocycles. The van der Waals surface area contributed by atoms with Gasteiger partial charge in [-0.1, -0.05) is 32.4 Å². The lowest BCUT2D eigenvalue weighted by atomic mass is 9.93. The van der Waals surface area contributed by atoms with Gasteiger partial charge in [-0.15, -0.1) is 0 Å². The van der Waals surface area contributed by atoms with Crippen molar-refractivity contribution in [1.82, 2.24) is 20.6 Å². The molecule has 0 fully saturated rings. The van der Waals surface area contributed by atoms with Gasteiger partial charge >= 0.3 is 6.03 Å². The van der Waals surface area contributed by atoms with Crippen LogP contribution in [-0.2, 0) is 13.0 Å². The topological polar surface area (TPSA) is 108 Å². The second-order valence-electron chi connectivity index (χ2n) is 8.93. The van der Waals surface area contributed by atoms with Crippen LogP contribution >= 0.6 is 0 Å². The Bertz CT molecular complexity index is 1250. The predicted molar refractivity (Wildman–Crippen MR) is 149 cm³/mol. The summed E-state index contributed by atoms with van der Waals surface area (Å²) in [5, 5.41) is 11.8. The molecular weight excluding hydrogens is 482 g/mol. The number of nitrogens with one attached hydrogen (secondary N) is 3. The Labute approximate surface area is 224 Å². The molecular formula is C29H37N5O4. The van der Waals surface area contributed by atoms with Crippen molar-refractivity contribution in [1.29, 1.82) is 0 Å². The van der Waals surface area contributed by atoms with Gasteiger partial charge in [-0.05, 0) is 55.3 Å². The number of hydrazone groups is 1. The van der Waals surface area contributed by atoms with Gasteiger partial charge in [0.1, 0.15) is 0 Å². The summed E-state index contributed by atoms with van der Waals surface area (Å²) in [5.41, 5.74) is 4.64. The average Bonchev–Trinajstić information content (AvgIpc) is 3.41. The Balaban J connectivity index is 0.00000127. The molecule has 2 aromatic carbocycles. The highest BCUT2D eigenvalue weighted by atomic mass is 16.5. The van der Waals surface area contributed by atoms with Crippen molar-refractivity contribution in [3.8, 4) is 11.5 Å². The van der Waals surface area contributed by atoms with Crippen molar-refractivity contribution in [3.05, 3.63) is 82.7 Å². The molecule has 1 atom stereocenters. The minimum absolute atomic E-state index is 0.179. The van der Waals surface area contributed by atoms with Gasteiger partial charge in [0.15, 0.2) is 11.5 Å². The van der Waals surface area contributed by atoms with Crippen LogP contribution in [0, 0.1) is 0 Å². The highest BCUT2D eigenvalue weighted by Gasteiger charge is 2.28. The molecule has 2 heterocycles. The first-order valence-corrected chi connectivity index (χ1v) is 12.7. The van der Waals surface area contributed by atoms with Crippen molar-refractivity contribution in [3.63, 3.8) is 0 Å². The van der Waals surface area contributed by atoms with Crippen molar-refractivity contribution in [2.45, 2.75) is 46.2 Å². The smallest absolute Gasteiger partial charge is 0.337 e. The fraction of sp³-hybridized carbons (Fsp3) is 0.345. The lowest BCUT2D eigenvalue weighted by Gasteiger charge is -2.22. The Morgan fingerprint density at radius 3 is 2.32 bits per heavy atom. The first kappa shape index (κ1) is 28.3. The summed E-state index contributed by atoms with van der Waals surface area (Å²) >= 11 is 0. The number of fused-ring (bicyclic) bond motifs is 1. The number of methoxy groups -OCH3 is 2. The van der Waals surface area contributed by atoms with E-state index < -0.39 is 0 Å². The number of amides is 3. The van der Waals surface area contributed by atoms with Crippen LogP contribution in [0.3, 0.4) is 0 Å². The number of urea groups is 1. The largest absolute Gasteiger partial charge is 0.493 e. The van der Waals surface area contributed by atoms with Crippen LogP contribution in [0.1, 0.15) is 59.9 Å². The van der Waals surface area contributed by atoms with Crippen LogP contribution in [0.15, 0.2) is 59.8 Å². The average molecular weight is 520 g/mol. The molecule has 0 bridgehead atoms. The van der Waals surface area contributed by atoms with E-state index in [2.05, 4.69) is 29.5 Å². The summed E-state index contributed by atoms with van der Waals surface area (Å²) in [7, 11) is 4.75. The Hall–Kier alpha value is -4.27. The van der Waals surface area contributed by atoms with Gasteiger partial charge in [-0.3, -0.25) is 4.79 Å². The van der Waals surface area contributed by atoms with Crippen molar-refractivity contribution < 1.29 is 19.1 Å². The molecule has 0 spiro atoms. The summed E-state index contributed by atoms with van der Waals surface area (Å²) < 4.78 is 11.0. The first-order chi connectivity index (χ1) is 18.4. The number of aromatic amines is 1. The number of hydrogen-bond acceptors (Lipinski definition) is 5. The van der Waals surface area contributed by atoms with E-state index in [9.17, 15) is 9.59 Å². The van der Waals surface area contributed by atoms with Gasteiger partial charge < -0.3 is 25.1 Å². The number of carbonyl (C=O) groups excluding carboxylic acids is 2. The zero-order valence-electron chi connectivity index (χ0n) is 22.9. The van der Waals surface area contributed by atoms with Crippen molar-refractivity contribution >= 4 is 17.6 Å². The fourth-order valence-electron chi connectivity index (χ4n) is 4.08. The van der Waals surface area contributed by atoms with Gasteiger partial charge in [-0.25, -0.2) is 9.80 Å². The summed E-state index contributed by atoms with van der Waals surface area (Å²) in [4.78, 5) is 28.3. The molecule has 1 aliphatic rings. The summed E-state index contributed by atoms with van der Waals surface area (Å²) in [6, 6.07) is 14.3. The highest BCUT2D eigenvalue weighted by Crippen LogP contribution is 2.34. The monoisotopic (exact) mass is 519 g/mol. The minimum Gasteiger partial charge on any atom is -0.493 e. The van der Waals surface area contributed by atoms with E-state index in [4.69, 9.17) is 14.6 Å². The SMILES string of the molecule is CCC.CNC(=O)N1N=C(c2ccc(C(=O)NCc3ccc[nH]3)cc2)c2cc(OC)c(OC)cc2CC1C. The number of rotatable bonds is 6. The zero-order valence-corrected chi connectivity index (χ0v) is 22.9. The van der Waals surface area contributed by atoms with E-state index in [1.165, 1.54) is 11.4 Å². The maximum absolute atomic E-state index is 12.6. The van der Waals surface area contributed by atoms with Crippen LogP contribution in [0.5, 0.6) is 11.5 Å². The Morgan fingerprint density at radius 2 is 1.74 bits per heavy atom. The van der Waals surface area contributed by atoms with Crippen LogP contribution in [0.25, 0.3) is 0 Å². The van der Waals surface area contributed by atoms with E-state index in [-0.39, 0.29) is 18.0 Å². The van der Waals surface area contributed by atoms with Crippen LogP contribution < -0.4 is 20.1 Å². The van der Waals surface area contributed by atoms with Gasteiger partial charge in [0.25, 0.3) is 5.91 Å². The molecule has 202 valence electrons. The standard InChI is InChI=1S/C26H29N5O4.C3H8/c1-16-12-19-13-22(34-3)23(35-4)14-21(19)24(30-31(16)26(33)27-2)17-7-9-18(10-8-17)25(32)29-15-20-6-5-11-28-20;1-3-2/h5-11,13-14,16,28H,12,15H2,1-4H3,(H,27,33)(H,29,32);3H2,1-2H3. The molecule has 0 saturated carbocycles. The molecule has 0 saturated heterocycles. The van der Waals surface area contributed by atoms with Crippen LogP contribution in [0.4, 0.5) is 4.79 Å². The Morgan fingerprint density at radius 1 is 1.08 bits per heavy atom. The molecule has 1 unspecified atom stereocenters. The van der Waals surface area contributed by atoms with E-state index in [1.807, 2.05) is 49.5 Å². The molecule has 1 aromatic heterocycles. The highest BCUT2D eigenvalue weighted by molar-refractivity contribution is 6.15. The summed E-state index contributed by atoms with van der Waals surface area (Å²) in [6.07, 6.45) is 3.64.